The molecule has 3 heterocycles. The molecule has 0 radical (unpaired) electrons. The lowest BCUT2D eigenvalue weighted by molar-refractivity contribution is -0.142. The number of aryl methyl sites for hydroxylation is 1. The van der Waals surface area contributed by atoms with E-state index in [2.05, 4.69) is 10.6 Å². The van der Waals surface area contributed by atoms with E-state index in [0.717, 1.165) is 55.7 Å². The molecule has 2 bridgehead atoms. The van der Waals surface area contributed by atoms with Crippen LogP contribution in [0.15, 0.2) is 36.4 Å². The molecule has 1 unspecified atom stereocenters. The fourth-order valence-corrected chi connectivity index (χ4v) is 11.4. The Balaban J connectivity index is 1.05. The summed E-state index contributed by atoms with van der Waals surface area (Å²) in [4.78, 5) is 67.7. The van der Waals surface area contributed by atoms with Gasteiger partial charge in [-0.25, -0.2) is 32.0 Å². The maximum absolute atomic E-state index is 14.7. The van der Waals surface area contributed by atoms with E-state index in [-0.39, 0.29) is 30.9 Å². The lowest BCUT2D eigenvalue weighted by atomic mass is 9.93. The number of ether oxygens (including phenoxy) is 2. The highest BCUT2D eigenvalue weighted by atomic mass is 32.2. The summed E-state index contributed by atoms with van der Waals surface area (Å²) in [5.41, 5.74) is -0.278. The molecular weight excluding hydrogens is 811 g/mol. The van der Waals surface area contributed by atoms with Crippen molar-refractivity contribution in [3.8, 4) is 5.88 Å². The third-order valence-corrected chi connectivity index (χ3v) is 16.5. The molecule has 4 aliphatic carbocycles. The molecule has 328 valence electrons. The highest BCUT2D eigenvalue weighted by molar-refractivity contribution is 7.91. The number of nitrogens with one attached hydrogen (secondary N) is 3. The van der Waals surface area contributed by atoms with Gasteiger partial charge in [0.2, 0.25) is 34.1 Å². The normalized spacial score (nSPS) is 32.3. The minimum atomic E-state index is -4.23. The average Bonchev–Trinajstić information content (AvgIpc) is 4.18. The van der Waals surface area contributed by atoms with Crippen LogP contribution in [-0.2, 0) is 35.6 Å². The SMILES string of the molecule is CC(C)[C@@H]1NC(=O)O[C@@H]2CC3C[C@@H]3[C@H]2CCCCCCc2nc3ccc4ccccc4c3nc2O[C@@H]2C[C@@H](C(=O)N[C@]3(C(=O)NS(=O)(=O)C4(C)CC4)C[C@H]3C(F)F)N(C2)C1=O. The van der Waals surface area contributed by atoms with Crippen LogP contribution in [0, 0.1) is 29.6 Å². The molecule has 1 saturated heterocycles. The minimum absolute atomic E-state index is 0.124. The summed E-state index contributed by atoms with van der Waals surface area (Å²) in [6.07, 6.45) is 2.24. The van der Waals surface area contributed by atoms with Gasteiger partial charge in [-0.2, -0.15) is 0 Å². The van der Waals surface area contributed by atoms with Gasteiger partial charge in [-0.3, -0.25) is 19.1 Å². The summed E-state index contributed by atoms with van der Waals surface area (Å²) in [6.45, 7) is 4.82. The maximum Gasteiger partial charge on any atom is 0.408 e. The zero-order chi connectivity index (χ0) is 43.0. The fourth-order valence-electron chi connectivity index (χ4n) is 10.1. The van der Waals surface area contributed by atoms with E-state index in [1.54, 1.807) is 13.8 Å². The predicted octanol–water partition coefficient (Wildman–Crippen LogP) is 5.55. The zero-order valence-corrected chi connectivity index (χ0v) is 35.5. The number of halogens is 2. The number of nitrogens with zero attached hydrogens (tertiary/aromatic N) is 3. The van der Waals surface area contributed by atoms with E-state index in [9.17, 15) is 36.4 Å². The summed E-state index contributed by atoms with van der Waals surface area (Å²) in [6, 6.07) is 9.20. The van der Waals surface area contributed by atoms with Gasteiger partial charge in [0.25, 0.3) is 5.91 Å². The number of carbonyl (C=O) groups is 4. The Labute approximate surface area is 353 Å². The first-order valence-corrected chi connectivity index (χ1v) is 23.4. The van der Waals surface area contributed by atoms with E-state index in [1.165, 1.54) is 11.8 Å². The molecule has 3 aromatic rings. The highest BCUT2D eigenvalue weighted by Gasteiger charge is 2.67. The molecule has 3 N–H and O–H groups in total. The minimum Gasteiger partial charge on any atom is -0.471 e. The van der Waals surface area contributed by atoms with E-state index < -0.39 is 87.0 Å². The third-order valence-electron chi connectivity index (χ3n) is 14.3. The molecule has 6 aliphatic rings. The molecule has 17 heteroatoms. The molecular formula is C44H54F2N6O8S. The van der Waals surface area contributed by atoms with Gasteiger partial charge >= 0.3 is 6.09 Å². The molecule has 5 fully saturated rings. The van der Waals surface area contributed by atoms with Crippen LogP contribution in [0.25, 0.3) is 21.8 Å². The first kappa shape index (κ1) is 41.7. The summed E-state index contributed by atoms with van der Waals surface area (Å²) >= 11 is 0. The molecule has 1 aromatic heterocycles. The quantitative estimate of drug-likeness (QED) is 0.255. The number of fused-ring (bicyclic) bond motifs is 9. The van der Waals surface area contributed by atoms with E-state index in [1.807, 2.05) is 41.1 Å². The molecule has 14 nitrogen and oxygen atoms in total. The van der Waals surface area contributed by atoms with Crippen molar-refractivity contribution < 1.29 is 45.9 Å². The number of alkyl halides is 2. The average molecular weight is 865 g/mol. The van der Waals surface area contributed by atoms with Gasteiger partial charge in [0, 0.05) is 11.8 Å². The molecule has 4 amide bonds. The maximum atomic E-state index is 14.7. The number of alkyl carbamates (subject to hydrolysis) is 1. The second kappa shape index (κ2) is 15.6. The predicted molar refractivity (Wildman–Crippen MR) is 220 cm³/mol. The molecule has 2 aromatic carbocycles. The van der Waals surface area contributed by atoms with Crippen molar-refractivity contribution in [3.63, 3.8) is 0 Å². The number of hydrogen-bond donors (Lipinski definition) is 3. The van der Waals surface area contributed by atoms with Crippen molar-refractivity contribution in [1.29, 1.82) is 0 Å². The molecule has 2 aliphatic heterocycles. The number of sulfonamides is 1. The van der Waals surface area contributed by atoms with E-state index in [4.69, 9.17) is 19.4 Å². The van der Waals surface area contributed by atoms with Crippen molar-refractivity contribution in [2.24, 2.45) is 29.6 Å². The molecule has 9 atom stereocenters. The van der Waals surface area contributed by atoms with Crippen LogP contribution < -0.4 is 20.1 Å². The van der Waals surface area contributed by atoms with Crippen molar-refractivity contribution in [3.05, 3.63) is 42.1 Å². The second-order valence-electron chi connectivity index (χ2n) is 18.9. The first-order chi connectivity index (χ1) is 29.1. The smallest absolute Gasteiger partial charge is 0.408 e. The largest absolute Gasteiger partial charge is 0.471 e. The number of benzene rings is 2. The number of amides is 4. The molecule has 4 saturated carbocycles. The summed E-state index contributed by atoms with van der Waals surface area (Å²) < 4.78 is 68.2. The third kappa shape index (κ3) is 7.88. The van der Waals surface area contributed by atoms with Gasteiger partial charge in [0.15, 0.2) is 0 Å². The van der Waals surface area contributed by atoms with Crippen molar-refractivity contribution in [2.45, 2.75) is 139 Å². The highest BCUT2D eigenvalue weighted by Crippen LogP contribution is 2.58. The van der Waals surface area contributed by atoms with E-state index >= 15 is 0 Å². The van der Waals surface area contributed by atoms with Crippen LogP contribution in [-0.4, -0.2) is 94.6 Å². The Hall–Kier alpha value is -4.67. The van der Waals surface area contributed by atoms with Crippen molar-refractivity contribution in [1.82, 2.24) is 30.2 Å². The molecule has 0 spiro atoms. The number of carbonyl (C=O) groups excluding carboxylic acids is 4. The first-order valence-electron chi connectivity index (χ1n) is 21.9. The Morgan fingerprint density at radius 3 is 2.48 bits per heavy atom. The van der Waals surface area contributed by atoms with Crippen LogP contribution in [0.5, 0.6) is 5.88 Å². The van der Waals surface area contributed by atoms with Crippen molar-refractivity contribution in [2.75, 3.05) is 6.54 Å². The standard InChI is InChI=1S/C44H54F2N6O8S/c1-23(2)35-40(54)52-22-26(20-33(52)38(53)50-44(21-30(44)37(45)46)41(55)51-61(57,58)43(3)16-17-43)59-39-32(47-31-15-14-24-10-8-9-11-27(24)36(31)48-39)13-7-5-4-6-12-28-29-18-25(29)19-34(28)60-42(56)49-35/h8-11,14-15,23,25-26,28-30,33-35,37H,4-7,12-13,16-22H2,1-3H3,(H,49,56)(H,50,53)(H,51,55)/t25?,26-,28-,29+,30+,33+,34-,35+,44-/m1/s1. The zero-order valence-electron chi connectivity index (χ0n) is 34.7. The monoisotopic (exact) mass is 864 g/mol. The number of aromatic nitrogens is 2. The topological polar surface area (TPSA) is 186 Å². The van der Waals surface area contributed by atoms with Crippen LogP contribution >= 0.6 is 0 Å². The Morgan fingerprint density at radius 2 is 1.74 bits per heavy atom. The van der Waals surface area contributed by atoms with Crippen LogP contribution in [0.3, 0.4) is 0 Å². The van der Waals surface area contributed by atoms with Gasteiger partial charge in [0.1, 0.15) is 41.0 Å². The summed E-state index contributed by atoms with van der Waals surface area (Å²) in [5, 5.41) is 7.10. The number of hydrogen-bond acceptors (Lipinski definition) is 10. The molecule has 61 heavy (non-hydrogen) atoms. The lowest BCUT2D eigenvalue weighted by Gasteiger charge is -2.31. The van der Waals surface area contributed by atoms with Crippen LogP contribution in [0.2, 0.25) is 0 Å². The van der Waals surface area contributed by atoms with Crippen molar-refractivity contribution >= 4 is 55.6 Å². The summed E-state index contributed by atoms with van der Waals surface area (Å²) in [7, 11) is -4.23. The van der Waals surface area contributed by atoms with Crippen LogP contribution in [0.1, 0.15) is 97.1 Å². The Bertz CT molecular complexity index is 2380. The Kier molecular flexibility index (Phi) is 10.7. The van der Waals surface area contributed by atoms with Gasteiger partial charge in [-0.1, -0.05) is 63.4 Å². The summed E-state index contributed by atoms with van der Waals surface area (Å²) in [5.74, 6) is -3.36. The van der Waals surface area contributed by atoms with Gasteiger partial charge in [0.05, 0.1) is 22.7 Å². The van der Waals surface area contributed by atoms with Gasteiger partial charge < -0.3 is 25.0 Å². The molecule has 9 rings (SSSR count). The lowest BCUT2D eigenvalue weighted by Crippen LogP contribution is -2.59. The van der Waals surface area contributed by atoms with E-state index in [0.29, 0.717) is 47.8 Å². The second-order valence-corrected chi connectivity index (χ2v) is 21.1. The fraction of sp³-hybridized carbons (Fsp3) is 0.636. The number of rotatable bonds is 7. The van der Waals surface area contributed by atoms with Gasteiger partial charge in [-0.15, -0.1) is 0 Å². The van der Waals surface area contributed by atoms with Crippen LogP contribution in [0.4, 0.5) is 13.6 Å². The Morgan fingerprint density at radius 1 is 0.967 bits per heavy atom. The van der Waals surface area contributed by atoms with Gasteiger partial charge in [-0.05, 0) is 93.4 Å².